The third kappa shape index (κ3) is 6.64. The number of hydrogen-bond acceptors (Lipinski definition) is 4. The van der Waals surface area contributed by atoms with E-state index in [1.807, 2.05) is 6.07 Å². The van der Waals surface area contributed by atoms with Crippen molar-refractivity contribution in [1.29, 1.82) is 0 Å². The Labute approximate surface area is 167 Å². The summed E-state index contributed by atoms with van der Waals surface area (Å²) in [7, 11) is 0. The van der Waals surface area contributed by atoms with Crippen molar-refractivity contribution in [2.45, 2.75) is 51.7 Å². The van der Waals surface area contributed by atoms with Gasteiger partial charge in [-0.15, -0.1) is 10.2 Å². The first-order chi connectivity index (χ1) is 13.8. The fourth-order valence-electron chi connectivity index (χ4n) is 3.32. The number of aryl methyl sites for hydroxylation is 1. The van der Waals surface area contributed by atoms with Crippen LogP contribution in [0.1, 0.15) is 37.6 Å². The maximum absolute atomic E-state index is 5.81. The van der Waals surface area contributed by atoms with Gasteiger partial charge in [-0.1, -0.05) is 37.3 Å². The Balaban J connectivity index is 1.50. The number of aliphatic imine (C=N–C) groups is 1. The molecule has 152 valence electrons. The van der Waals surface area contributed by atoms with Crippen LogP contribution < -0.4 is 10.6 Å². The minimum absolute atomic E-state index is 0.242. The van der Waals surface area contributed by atoms with Gasteiger partial charge in [0.15, 0.2) is 5.96 Å². The number of nitrogens with one attached hydrogen (secondary N) is 2. The molecule has 2 aromatic rings. The SMILES string of the molecule is CCc1nncn1CCNC(=NCC1CCCCO1)NCCc1ccccc1. The van der Waals surface area contributed by atoms with Gasteiger partial charge in [-0.05, 0) is 31.2 Å². The maximum atomic E-state index is 5.81. The number of aromatic nitrogens is 3. The first kappa shape index (κ1) is 20.3. The van der Waals surface area contributed by atoms with Gasteiger partial charge < -0.3 is 19.9 Å². The Bertz CT molecular complexity index is 709. The molecule has 1 aliphatic heterocycles. The van der Waals surface area contributed by atoms with Gasteiger partial charge in [0, 0.05) is 32.7 Å². The van der Waals surface area contributed by atoms with Gasteiger partial charge in [0.2, 0.25) is 0 Å². The summed E-state index contributed by atoms with van der Waals surface area (Å²) in [6, 6.07) is 10.5. The second kappa shape index (κ2) is 11.4. The lowest BCUT2D eigenvalue weighted by molar-refractivity contribution is 0.0224. The van der Waals surface area contributed by atoms with Gasteiger partial charge in [-0.2, -0.15) is 0 Å². The molecule has 1 saturated heterocycles. The summed E-state index contributed by atoms with van der Waals surface area (Å²) < 4.78 is 7.89. The largest absolute Gasteiger partial charge is 0.376 e. The van der Waals surface area contributed by atoms with Crippen molar-refractivity contribution in [2.75, 3.05) is 26.2 Å². The van der Waals surface area contributed by atoms with E-state index in [1.165, 1.54) is 18.4 Å². The Morgan fingerprint density at radius 1 is 1.21 bits per heavy atom. The summed E-state index contributed by atoms with van der Waals surface area (Å²) in [5, 5.41) is 15.0. The summed E-state index contributed by atoms with van der Waals surface area (Å²) >= 11 is 0. The summed E-state index contributed by atoms with van der Waals surface area (Å²) in [5.74, 6) is 1.85. The highest BCUT2D eigenvalue weighted by Gasteiger charge is 2.13. The van der Waals surface area contributed by atoms with Crippen LogP contribution in [0.3, 0.4) is 0 Å². The number of guanidine groups is 1. The van der Waals surface area contributed by atoms with Gasteiger partial charge in [0.1, 0.15) is 12.2 Å². The van der Waals surface area contributed by atoms with Crippen LogP contribution in [0.5, 0.6) is 0 Å². The van der Waals surface area contributed by atoms with E-state index in [0.29, 0.717) is 6.54 Å². The van der Waals surface area contributed by atoms with Crippen molar-refractivity contribution in [2.24, 2.45) is 4.99 Å². The Hall–Kier alpha value is -2.41. The van der Waals surface area contributed by atoms with E-state index in [9.17, 15) is 0 Å². The quantitative estimate of drug-likeness (QED) is 0.512. The number of hydrogen-bond donors (Lipinski definition) is 2. The van der Waals surface area contributed by atoms with Crippen molar-refractivity contribution in [1.82, 2.24) is 25.4 Å². The first-order valence-electron chi connectivity index (χ1n) is 10.4. The third-order valence-corrected chi connectivity index (χ3v) is 4.93. The van der Waals surface area contributed by atoms with E-state index >= 15 is 0 Å². The molecule has 2 heterocycles. The van der Waals surface area contributed by atoms with Crippen molar-refractivity contribution in [3.63, 3.8) is 0 Å². The molecule has 2 N–H and O–H groups in total. The molecule has 0 bridgehead atoms. The maximum Gasteiger partial charge on any atom is 0.191 e. The molecular formula is C21H32N6O. The van der Waals surface area contributed by atoms with Crippen LogP contribution >= 0.6 is 0 Å². The average molecular weight is 385 g/mol. The minimum Gasteiger partial charge on any atom is -0.376 e. The molecule has 7 heteroatoms. The van der Waals surface area contributed by atoms with E-state index in [-0.39, 0.29) is 6.10 Å². The molecule has 0 radical (unpaired) electrons. The van der Waals surface area contributed by atoms with E-state index in [1.54, 1.807) is 6.33 Å². The second-order valence-corrected chi connectivity index (χ2v) is 7.06. The summed E-state index contributed by atoms with van der Waals surface area (Å²) in [5.41, 5.74) is 1.32. The molecule has 0 spiro atoms. The fraction of sp³-hybridized carbons (Fsp3) is 0.571. The molecular weight excluding hydrogens is 352 g/mol. The Kier molecular flexibility index (Phi) is 8.30. The molecule has 28 heavy (non-hydrogen) atoms. The normalized spacial score (nSPS) is 17.5. The van der Waals surface area contributed by atoms with Crippen molar-refractivity contribution >= 4 is 5.96 Å². The monoisotopic (exact) mass is 384 g/mol. The van der Waals surface area contributed by atoms with Crippen LogP contribution in [-0.2, 0) is 24.1 Å². The van der Waals surface area contributed by atoms with Crippen LogP contribution in [0.25, 0.3) is 0 Å². The van der Waals surface area contributed by atoms with Gasteiger partial charge in [-0.25, -0.2) is 0 Å². The molecule has 3 rings (SSSR count). The zero-order valence-corrected chi connectivity index (χ0v) is 16.8. The summed E-state index contributed by atoms with van der Waals surface area (Å²) in [6.07, 6.45) is 7.38. The highest BCUT2D eigenvalue weighted by molar-refractivity contribution is 5.79. The van der Waals surface area contributed by atoms with Gasteiger partial charge >= 0.3 is 0 Å². The van der Waals surface area contributed by atoms with E-state index < -0.39 is 0 Å². The molecule has 1 aromatic heterocycles. The van der Waals surface area contributed by atoms with Gasteiger partial charge in [-0.3, -0.25) is 4.99 Å². The molecule has 1 atom stereocenters. The molecule has 7 nitrogen and oxygen atoms in total. The van der Waals surface area contributed by atoms with Crippen LogP contribution in [0.15, 0.2) is 41.7 Å². The van der Waals surface area contributed by atoms with Crippen LogP contribution in [0.4, 0.5) is 0 Å². The molecule has 1 fully saturated rings. The van der Waals surface area contributed by atoms with Crippen molar-refractivity contribution < 1.29 is 4.74 Å². The molecule has 1 aromatic carbocycles. The smallest absolute Gasteiger partial charge is 0.191 e. The lowest BCUT2D eigenvalue weighted by atomic mass is 10.1. The average Bonchev–Trinajstić information content (AvgIpc) is 3.20. The van der Waals surface area contributed by atoms with Crippen LogP contribution in [-0.4, -0.2) is 53.1 Å². The molecule has 1 aliphatic rings. The highest BCUT2D eigenvalue weighted by atomic mass is 16.5. The standard InChI is InChI=1S/C21H32N6O/c1-2-20-26-25-17-27(20)14-13-23-21(24-16-19-10-6-7-15-28-19)22-12-11-18-8-4-3-5-9-18/h3-5,8-9,17,19H,2,6-7,10-16H2,1H3,(H2,22,23,24). The third-order valence-electron chi connectivity index (χ3n) is 4.93. The van der Waals surface area contributed by atoms with Crippen LogP contribution in [0.2, 0.25) is 0 Å². The van der Waals surface area contributed by atoms with Crippen LogP contribution in [0, 0.1) is 0 Å². The Morgan fingerprint density at radius 2 is 2.07 bits per heavy atom. The number of ether oxygens (including phenoxy) is 1. The van der Waals surface area contributed by atoms with Gasteiger partial charge in [0.05, 0.1) is 12.6 Å². The minimum atomic E-state index is 0.242. The number of nitrogens with zero attached hydrogens (tertiary/aromatic N) is 4. The zero-order valence-electron chi connectivity index (χ0n) is 16.8. The Morgan fingerprint density at radius 3 is 2.86 bits per heavy atom. The molecule has 1 unspecified atom stereocenters. The predicted molar refractivity (Wildman–Crippen MR) is 111 cm³/mol. The molecule has 0 aliphatic carbocycles. The van der Waals surface area contributed by atoms with E-state index in [0.717, 1.165) is 57.3 Å². The fourth-order valence-corrected chi connectivity index (χ4v) is 3.32. The van der Waals surface area contributed by atoms with Crippen molar-refractivity contribution in [3.05, 3.63) is 48.0 Å². The summed E-state index contributed by atoms with van der Waals surface area (Å²) in [4.78, 5) is 4.77. The lowest BCUT2D eigenvalue weighted by Gasteiger charge is -2.21. The van der Waals surface area contributed by atoms with Crippen molar-refractivity contribution in [3.8, 4) is 0 Å². The summed E-state index contributed by atoms with van der Waals surface area (Å²) in [6.45, 7) is 6.08. The topological polar surface area (TPSA) is 76.4 Å². The van der Waals surface area contributed by atoms with E-state index in [4.69, 9.17) is 9.73 Å². The molecule has 0 amide bonds. The van der Waals surface area contributed by atoms with E-state index in [2.05, 4.69) is 56.6 Å². The molecule has 0 saturated carbocycles. The number of benzene rings is 1. The zero-order chi connectivity index (χ0) is 19.4. The first-order valence-corrected chi connectivity index (χ1v) is 10.4. The predicted octanol–water partition coefficient (Wildman–Crippen LogP) is 2.19. The highest BCUT2D eigenvalue weighted by Crippen LogP contribution is 2.12. The second-order valence-electron chi connectivity index (χ2n) is 7.06. The number of rotatable bonds is 9. The lowest BCUT2D eigenvalue weighted by Crippen LogP contribution is -2.40. The van der Waals surface area contributed by atoms with Gasteiger partial charge in [0.25, 0.3) is 0 Å².